The van der Waals surface area contributed by atoms with E-state index in [0.29, 0.717) is 37.4 Å². The first-order chi connectivity index (χ1) is 18.6. The molecule has 2 N–H and O–H groups in total. The smallest absolute Gasteiger partial charge is 0.192 e. The third-order valence-electron chi connectivity index (χ3n) is 10.9. The number of aliphatic hydroxyl groups is 2. The predicted octanol–water partition coefficient (Wildman–Crippen LogP) is 3.26. The molecule has 4 aliphatic carbocycles. The zero-order valence-electron chi connectivity index (χ0n) is 23.2. The number of aliphatic hydroxyl groups excluding tert-OH is 2. The highest BCUT2D eigenvalue weighted by Gasteiger charge is 2.74. The maximum Gasteiger partial charge on any atom is 0.192 e. The zero-order valence-corrected chi connectivity index (χ0v) is 23.2. The lowest BCUT2D eigenvalue weighted by Crippen LogP contribution is -2.63. The number of ether oxygens (including phenoxy) is 2. The summed E-state index contributed by atoms with van der Waals surface area (Å²) in [6, 6.07) is 5.71. The summed E-state index contributed by atoms with van der Waals surface area (Å²) in [6.45, 7) is 4.66. The summed E-state index contributed by atoms with van der Waals surface area (Å²) in [5.74, 6) is 1.25. The summed E-state index contributed by atoms with van der Waals surface area (Å²) in [5, 5.41) is 23.8. The fourth-order valence-corrected chi connectivity index (χ4v) is 9.25. The van der Waals surface area contributed by atoms with Gasteiger partial charge >= 0.3 is 0 Å². The van der Waals surface area contributed by atoms with E-state index in [1.807, 2.05) is 29.3 Å². The van der Waals surface area contributed by atoms with Gasteiger partial charge in [-0.2, -0.15) is 5.06 Å². The number of fused-ring (bicyclic) bond motifs is 7. The van der Waals surface area contributed by atoms with Crippen LogP contribution in [-0.4, -0.2) is 65.9 Å². The number of ketones is 2. The molecular weight excluding hydrogens is 498 g/mol. The van der Waals surface area contributed by atoms with E-state index >= 15 is 0 Å². The van der Waals surface area contributed by atoms with Crippen LogP contribution in [-0.2, 0) is 21.0 Å². The van der Waals surface area contributed by atoms with Gasteiger partial charge in [0.1, 0.15) is 6.61 Å². The normalized spacial score (nSPS) is 40.8. The minimum atomic E-state index is -1.20. The van der Waals surface area contributed by atoms with Crippen molar-refractivity contribution in [2.75, 3.05) is 27.4 Å². The number of methoxy groups -OCH3 is 2. The second-order valence-electron chi connectivity index (χ2n) is 12.6. The van der Waals surface area contributed by atoms with Crippen molar-refractivity contribution in [3.8, 4) is 11.5 Å². The average molecular weight is 538 g/mol. The molecule has 8 heteroatoms. The van der Waals surface area contributed by atoms with Crippen LogP contribution in [0.25, 0.3) is 0 Å². The quantitative estimate of drug-likeness (QED) is 0.533. The van der Waals surface area contributed by atoms with Gasteiger partial charge in [0, 0.05) is 42.2 Å². The maximum absolute atomic E-state index is 13.7. The average Bonchev–Trinajstić information content (AvgIpc) is 3.40. The summed E-state index contributed by atoms with van der Waals surface area (Å²) in [7, 11) is 3.20. The summed E-state index contributed by atoms with van der Waals surface area (Å²) in [5.41, 5.74) is -0.140. The number of nitrogens with zero attached hydrogens (tertiary/aromatic N) is 1. The van der Waals surface area contributed by atoms with E-state index in [1.54, 1.807) is 20.3 Å². The van der Waals surface area contributed by atoms with Crippen LogP contribution >= 0.6 is 0 Å². The van der Waals surface area contributed by atoms with Gasteiger partial charge in [-0.25, -0.2) is 0 Å². The molecule has 0 amide bonds. The van der Waals surface area contributed by atoms with Gasteiger partial charge in [-0.1, -0.05) is 37.6 Å². The van der Waals surface area contributed by atoms with Crippen molar-refractivity contribution in [2.24, 2.45) is 34.5 Å². The largest absolute Gasteiger partial charge is 0.493 e. The number of hydroxylamine groups is 2. The van der Waals surface area contributed by atoms with Gasteiger partial charge in [0.05, 0.1) is 20.3 Å². The van der Waals surface area contributed by atoms with Crippen LogP contribution in [0, 0.1) is 34.5 Å². The number of carbonyl (C=O) groups excluding carboxylic acids is 2. The van der Waals surface area contributed by atoms with Crippen molar-refractivity contribution < 1.29 is 34.1 Å². The Balaban J connectivity index is 1.32. The molecule has 5 aliphatic rings. The van der Waals surface area contributed by atoms with Crippen LogP contribution in [0.1, 0.15) is 45.1 Å². The summed E-state index contributed by atoms with van der Waals surface area (Å²) in [4.78, 5) is 32.5. The minimum absolute atomic E-state index is 0.0251. The number of Topliss-reactive ketones (excluding diaryl/α,β-unsaturated/α-hetero) is 1. The molecule has 0 spiro atoms. The van der Waals surface area contributed by atoms with E-state index < -0.39 is 23.7 Å². The number of benzene rings is 1. The van der Waals surface area contributed by atoms with Crippen molar-refractivity contribution >= 4 is 11.6 Å². The number of allylic oxidation sites excluding steroid dienone is 4. The molecule has 1 aromatic carbocycles. The van der Waals surface area contributed by atoms with Gasteiger partial charge in [-0.05, 0) is 54.9 Å². The van der Waals surface area contributed by atoms with Gasteiger partial charge in [-0.3, -0.25) is 14.4 Å². The molecule has 39 heavy (non-hydrogen) atoms. The Labute approximate surface area is 229 Å². The van der Waals surface area contributed by atoms with Crippen LogP contribution in [0.2, 0.25) is 0 Å². The van der Waals surface area contributed by atoms with Crippen LogP contribution in [0.4, 0.5) is 0 Å². The molecule has 2 saturated carbocycles. The molecule has 6 rings (SSSR count). The Bertz CT molecular complexity index is 1260. The molecule has 0 unspecified atom stereocenters. The van der Waals surface area contributed by atoms with Crippen molar-refractivity contribution in [1.29, 1.82) is 0 Å². The van der Waals surface area contributed by atoms with Gasteiger partial charge in [0.2, 0.25) is 0 Å². The molecule has 0 aromatic heterocycles. The van der Waals surface area contributed by atoms with Gasteiger partial charge in [0.25, 0.3) is 0 Å². The Morgan fingerprint density at radius 3 is 2.69 bits per heavy atom. The zero-order chi connectivity index (χ0) is 27.7. The lowest BCUT2D eigenvalue weighted by Gasteiger charge is -2.59. The van der Waals surface area contributed by atoms with E-state index in [9.17, 15) is 19.8 Å². The molecule has 1 saturated heterocycles. The molecule has 0 bridgehead atoms. The van der Waals surface area contributed by atoms with Crippen molar-refractivity contribution in [1.82, 2.24) is 5.06 Å². The molecule has 8 atom stereocenters. The van der Waals surface area contributed by atoms with Crippen LogP contribution in [0.3, 0.4) is 0 Å². The number of carbonyl (C=O) groups is 2. The minimum Gasteiger partial charge on any atom is -0.493 e. The van der Waals surface area contributed by atoms with Crippen molar-refractivity contribution in [3.63, 3.8) is 0 Å². The van der Waals surface area contributed by atoms with Crippen LogP contribution in [0.5, 0.6) is 11.5 Å². The molecule has 0 radical (unpaired) electrons. The van der Waals surface area contributed by atoms with Crippen LogP contribution in [0.15, 0.2) is 42.0 Å². The Morgan fingerprint density at radius 2 is 1.97 bits per heavy atom. The highest BCUT2D eigenvalue weighted by Crippen LogP contribution is 2.70. The van der Waals surface area contributed by atoms with Crippen LogP contribution < -0.4 is 9.47 Å². The van der Waals surface area contributed by atoms with Gasteiger partial charge in [-0.15, -0.1) is 0 Å². The van der Waals surface area contributed by atoms with Crippen molar-refractivity contribution in [2.45, 2.75) is 57.8 Å². The van der Waals surface area contributed by atoms with E-state index in [0.717, 1.165) is 24.0 Å². The monoisotopic (exact) mass is 537 g/mol. The number of hydrogen-bond donors (Lipinski definition) is 2. The fourth-order valence-electron chi connectivity index (χ4n) is 9.25. The summed E-state index contributed by atoms with van der Waals surface area (Å²) >= 11 is 0. The van der Waals surface area contributed by atoms with Gasteiger partial charge in [0.15, 0.2) is 28.7 Å². The third-order valence-corrected chi connectivity index (χ3v) is 10.9. The first-order valence-corrected chi connectivity index (χ1v) is 14.0. The highest BCUT2D eigenvalue weighted by molar-refractivity contribution is 5.93. The van der Waals surface area contributed by atoms with Gasteiger partial charge < -0.3 is 19.7 Å². The topological polar surface area (TPSA) is 106 Å². The summed E-state index contributed by atoms with van der Waals surface area (Å²) in [6.07, 6.45) is 7.62. The van der Waals surface area contributed by atoms with Crippen molar-refractivity contribution in [3.05, 3.63) is 47.6 Å². The third kappa shape index (κ3) is 3.64. The van der Waals surface area contributed by atoms with E-state index in [-0.39, 0.29) is 40.7 Å². The highest BCUT2D eigenvalue weighted by atomic mass is 16.7. The summed E-state index contributed by atoms with van der Waals surface area (Å²) < 4.78 is 10.8. The molecule has 1 aromatic rings. The number of hydrogen-bond acceptors (Lipinski definition) is 8. The second kappa shape index (κ2) is 9.26. The molecule has 210 valence electrons. The van der Waals surface area contributed by atoms with E-state index in [4.69, 9.17) is 14.3 Å². The Kier molecular flexibility index (Phi) is 6.34. The fraction of sp³-hybridized carbons (Fsp3) is 0.613. The SMILES string of the molecule is COc1ccc(CN2C[C@@H]3C[C@H]4[C@@H]5CC=C6CC(=O)C=C[C@]6(C)[C@H]5[C@@H](O)C[C@]4(C)[C@]3(C(=O)CO)O2)cc1OC. The predicted molar refractivity (Wildman–Crippen MR) is 143 cm³/mol. The van der Waals surface area contributed by atoms with E-state index in [2.05, 4.69) is 19.9 Å². The molecular formula is C31H39NO7. The molecule has 1 heterocycles. The molecule has 3 fully saturated rings. The van der Waals surface area contributed by atoms with E-state index in [1.165, 1.54) is 0 Å². The lowest BCUT2D eigenvalue weighted by molar-refractivity contribution is -0.253. The Hall–Kier alpha value is -2.52. The second-order valence-corrected chi connectivity index (χ2v) is 12.6. The molecule has 1 aliphatic heterocycles. The maximum atomic E-state index is 13.7. The first-order valence-electron chi connectivity index (χ1n) is 14.0. The molecule has 8 nitrogen and oxygen atoms in total. The Morgan fingerprint density at radius 1 is 1.21 bits per heavy atom. The lowest BCUT2D eigenvalue weighted by atomic mass is 9.47. The number of rotatable bonds is 6. The standard InChI is InChI=1S/C31H39NO7/c1-29-10-9-21(34)12-19(29)6-7-22-23-13-20-16-32(15-18-5-8-25(37-3)26(11-18)38-4)39-31(20,27(36)17-33)30(23,2)14-24(35)28(22)29/h5-6,8-11,20,22-24,28,33,35H,7,12-17H2,1-4H3/t20-,22-,23-,24-,28+,29-,30-,31-/m0/s1. The first kappa shape index (κ1) is 26.7.